The Morgan fingerprint density at radius 2 is 1.91 bits per heavy atom. The Bertz CT molecular complexity index is 676. The maximum absolute atomic E-state index is 12.2. The van der Waals surface area contributed by atoms with Gasteiger partial charge in [0, 0.05) is 25.7 Å². The van der Waals surface area contributed by atoms with Crippen LogP contribution in [0.3, 0.4) is 0 Å². The third-order valence-corrected chi connectivity index (χ3v) is 3.68. The highest BCUT2D eigenvalue weighted by molar-refractivity contribution is 8.01. The Labute approximate surface area is 137 Å². The van der Waals surface area contributed by atoms with Crippen LogP contribution in [0.2, 0.25) is 0 Å². The third kappa shape index (κ3) is 4.78. The lowest BCUT2D eigenvalue weighted by atomic mass is 10.0. The van der Waals surface area contributed by atoms with Gasteiger partial charge < -0.3 is 9.47 Å². The van der Waals surface area contributed by atoms with E-state index in [-0.39, 0.29) is 5.62 Å². The Hall–Kier alpha value is -2.42. The Balaban J connectivity index is 2.06. The zero-order valence-electron chi connectivity index (χ0n) is 12.8. The number of hydrogen-bond acceptors (Lipinski definition) is 8. The predicted molar refractivity (Wildman–Crippen MR) is 80.6 cm³/mol. The number of benzene rings is 1. The predicted octanol–water partition coefficient (Wildman–Crippen LogP) is 1.66. The summed E-state index contributed by atoms with van der Waals surface area (Å²) in [6, 6.07) is 9.15. The number of hydrogen-bond donors (Lipinski definition) is 0. The maximum atomic E-state index is 12.2. The summed E-state index contributed by atoms with van der Waals surface area (Å²) in [5, 5.41) is 11.2. The van der Waals surface area contributed by atoms with Crippen molar-refractivity contribution in [1.29, 1.82) is 0 Å². The Morgan fingerprint density at radius 1 is 1.22 bits per heavy atom. The molecule has 0 N–H and O–H groups in total. The van der Waals surface area contributed by atoms with E-state index < -0.39 is 17.9 Å². The van der Waals surface area contributed by atoms with Crippen LogP contribution < -0.4 is 0 Å². The maximum Gasteiger partial charge on any atom is 0.406 e. The molecule has 1 aromatic carbocycles. The van der Waals surface area contributed by atoms with E-state index in [9.17, 15) is 9.59 Å². The van der Waals surface area contributed by atoms with Crippen molar-refractivity contribution in [1.82, 2.24) is 20.2 Å². The average molecular weight is 335 g/mol. The Morgan fingerprint density at radius 3 is 2.48 bits per heavy atom. The minimum atomic E-state index is -0.609. The van der Waals surface area contributed by atoms with E-state index in [2.05, 4.69) is 15.5 Å². The van der Waals surface area contributed by atoms with Gasteiger partial charge in [-0.1, -0.05) is 30.3 Å². The van der Waals surface area contributed by atoms with Gasteiger partial charge in [-0.25, -0.2) is 4.68 Å². The van der Waals surface area contributed by atoms with E-state index in [4.69, 9.17) is 9.47 Å². The van der Waals surface area contributed by atoms with E-state index in [1.165, 1.54) is 11.6 Å². The van der Waals surface area contributed by atoms with Crippen LogP contribution in [-0.4, -0.2) is 32.1 Å². The zero-order chi connectivity index (χ0) is 16.8. The van der Waals surface area contributed by atoms with Crippen LogP contribution >= 0.6 is 11.8 Å². The molecule has 2 rings (SSSR count). The summed E-state index contributed by atoms with van der Waals surface area (Å²) in [5.74, 6) is -1.67. The summed E-state index contributed by atoms with van der Waals surface area (Å²) in [4.78, 5) is 23.4. The van der Waals surface area contributed by atoms with Gasteiger partial charge in [0.25, 0.3) is 0 Å². The second kappa shape index (κ2) is 7.73. The number of aromatic nitrogens is 4. The molecular formula is C14H15N4O4S. The molecule has 9 heteroatoms. The number of esters is 2. The van der Waals surface area contributed by atoms with Crippen LogP contribution in [0.4, 0.5) is 0 Å². The summed E-state index contributed by atoms with van der Waals surface area (Å²) in [7, 11) is 1.61. The van der Waals surface area contributed by atoms with Gasteiger partial charge >= 0.3 is 17.6 Å². The molecule has 0 aliphatic rings. The number of aryl methyl sites for hydroxylation is 1. The molecule has 0 fully saturated rings. The number of rotatable bonds is 6. The molecule has 0 aliphatic carbocycles. The topological polar surface area (TPSA) is 96.2 Å². The molecule has 1 radical (unpaired) electrons. The van der Waals surface area contributed by atoms with Crippen LogP contribution in [0, 0.1) is 5.62 Å². The first-order valence-electron chi connectivity index (χ1n) is 6.69. The smallest absolute Gasteiger partial charge is 0.405 e. The molecule has 0 saturated carbocycles. The van der Waals surface area contributed by atoms with Crippen molar-refractivity contribution in [3.05, 3.63) is 41.5 Å². The van der Waals surface area contributed by atoms with Crippen molar-refractivity contribution in [3.8, 4) is 0 Å². The van der Waals surface area contributed by atoms with Crippen molar-refractivity contribution >= 4 is 23.7 Å². The number of carbonyl (C=O) groups is 2. The third-order valence-electron chi connectivity index (χ3n) is 2.82. The van der Waals surface area contributed by atoms with Crippen molar-refractivity contribution < 1.29 is 19.1 Å². The van der Waals surface area contributed by atoms with Crippen molar-refractivity contribution in [2.24, 2.45) is 7.05 Å². The second-order valence-corrected chi connectivity index (χ2v) is 5.49. The molecular weight excluding hydrogens is 320 g/mol. The lowest BCUT2D eigenvalue weighted by Crippen LogP contribution is -2.19. The first kappa shape index (κ1) is 16.9. The van der Waals surface area contributed by atoms with Gasteiger partial charge in [0.1, 0.15) is 0 Å². The number of thioether (sulfide) groups is 1. The molecule has 23 heavy (non-hydrogen) atoms. The molecule has 121 valence electrons. The molecule has 8 nitrogen and oxygen atoms in total. The second-order valence-electron chi connectivity index (χ2n) is 4.58. The van der Waals surface area contributed by atoms with Crippen LogP contribution in [0.25, 0.3) is 0 Å². The standard InChI is InChI=1S/C14H15N4O4S/c1-9(11-7-5-4-6-8-11)12(20)22-14(21-10(2)19)23-13-15-16-17-18(13)3/h4-9H,1-3H3. The highest BCUT2D eigenvalue weighted by atomic mass is 32.2. The summed E-state index contributed by atoms with van der Waals surface area (Å²) in [6.07, 6.45) is 0. The first-order valence-corrected chi connectivity index (χ1v) is 7.51. The summed E-state index contributed by atoms with van der Waals surface area (Å²) in [6.45, 7) is 2.92. The monoisotopic (exact) mass is 335 g/mol. The normalized spacial score (nSPS) is 12.0. The van der Waals surface area contributed by atoms with Gasteiger partial charge in [-0.3, -0.25) is 9.59 Å². The molecule has 0 aliphatic heterocycles. The molecule has 0 saturated heterocycles. The number of carbonyl (C=O) groups excluding carboxylic acids is 2. The van der Waals surface area contributed by atoms with Crippen molar-refractivity contribution in [3.63, 3.8) is 0 Å². The fourth-order valence-electron chi connectivity index (χ4n) is 1.61. The van der Waals surface area contributed by atoms with Gasteiger partial charge in [-0.15, -0.1) is 5.10 Å². The minimum absolute atomic E-state index is 0.233. The van der Waals surface area contributed by atoms with E-state index in [1.54, 1.807) is 14.0 Å². The van der Waals surface area contributed by atoms with Gasteiger partial charge in [0.15, 0.2) is 0 Å². The molecule has 1 aromatic heterocycles. The highest BCUT2D eigenvalue weighted by Crippen LogP contribution is 2.30. The van der Waals surface area contributed by atoms with E-state index >= 15 is 0 Å². The van der Waals surface area contributed by atoms with Crippen molar-refractivity contribution in [2.75, 3.05) is 0 Å². The summed E-state index contributed by atoms with van der Waals surface area (Å²) in [5.41, 5.74) is 0.563. The summed E-state index contributed by atoms with van der Waals surface area (Å²) < 4.78 is 11.5. The van der Waals surface area contributed by atoms with Gasteiger partial charge in [0.05, 0.1) is 5.92 Å². The average Bonchev–Trinajstić information content (AvgIpc) is 2.91. The molecule has 0 spiro atoms. The first-order chi connectivity index (χ1) is 11.0. The van der Waals surface area contributed by atoms with Gasteiger partial charge in [-0.2, -0.15) is 0 Å². The number of nitrogens with zero attached hydrogens (tertiary/aromatic N) is 4. The molecule has 1 heterocycles. The largest absolute Gasteiger partial charge is 0.406 e. The SMILES string of the molecule is CC(=O)O[C](OC(=O)C(C)c1ccccc1)Sc1nnnn1C. The minimum Gasteiger partial charge on any atom is -0.405 e. The van der Waals surface area contributed by atoms with Crippen LogP contribution in [0.5, 0.6) is 0 Å². The van der Waals surface area contributed by atoms with E-state index in [0.29, 0.717) is 5.16 Å². The quantitative estimate of drug-likeness (QED) is 0.581. The van der Waals surface area contributed by atoms with Crippen LogP contribution in [0.15, 0.2) is 35.5 Å². The molecule has 2 aromatic rings. The number of ether oxygens (including phenoxy) is 2. The molecule has 0 bridgehead atoms. The summed E-state index contributed by atoms with van der Waals surface area (Å²) >= 11 is 0.849. The molecule has 1 unspecified atom stereocenters. The fraction of sp³-hybridized carbons (Fsp3) is 0.286. The fourth-order valence-corrected chi connectivity index (χ4v) is 2.29. The van der Waals surface area contributed by atoms with E-state index in [1.807, 2.05) is 30.3 Å². The van der Waals surface area contributed by atoms with Crippen molar-refractivity contribution in [2.45, 2.75) is 24.9 Å². The molecule has 0 amide bonds. The van der Waals surface area contributed by atoms with E-state index in [0.717, 1.165) is 17.3 Å². The van der Waals surface area contributed by atoms with Gasteiger partial charge in [-0.05, 0) is 22.9 Å². The van der Waals surface area contributed by atoms with Crippen LogP contribution in [-0.2, 0) is 26.1 Å². The van der Waals surface area contributed by atoms with Gasteiger partial charge in [0.2, 0.25) is 5.16 Å². The lowest BCUT2D eigenvalue weighted by Gasteiger charge is -2.16. The Kier molecular flexibility index (Phi) is 5.69. The lowest BCUT2D eigenvalue weighted by molar-refractivity contribution is -0.157. The highest BCUT2D eigenvalue weighted by Gasteiger charge is 2.28. The number of tetrazole rings is 1. The molecule has 1 atom stereocenters. The van der Waals surface area contributed by atoms with Crippen LogP contribution in [0.1, 0.15) is 25.3 Å². The zero-order valence-corrected chi connectivity index (χ0v) is 13.6.